The van der Waals surface area contributed by atoms with Gasteiger partial charge in [0.2, 0.25) is 0 Å². The minimum absolute atomic E-state index is 0.0200. The van der Waals surface area contributed by atoms with E-state index in [1.54, 1.807) is 37.3 Å². The molecule has 0 aliphatic carbocycles. The summed E-state index contributed by atoms with van der Waals surface area (Å²) in [7, 11) is 0. The van der Waals surface area contributed by atoms with Gasteiger partial charge in [-0.2, -0.15) is 0 Å². The normalized spacial score (nSPS) is 10.8. The van der Waals surface area contributed by atoms with Gasteiger partial charge in [-0.1, -0.05) is 35.0 Å². The van der Waals surface area contributed by atoms with Crippen LogP contribution in [0.2, 0.25) is 5.02 Å². The lowest BCUT2D eigenvalue weighted by Crippen LogP contribution is -2.41. The number of halogens is 1. The third-order valence-corrected chi connectivity index (χ3v) is 4.46. The minimum Gasteiger partial charge on any atom is -0.451 e. The molecule has 0 atom stereocenters. The highest BCUT2D eigenvalue weighted by molar-refractivity contribution is 6.30. The fourth-order valence-electron chi connectivity index (χ4n) is 2.76. The summed E-state index contributed by atoms with van der Waals surface area (Å²) in [6.07, 6.45) is 0. The molecule has 0 aliphatic heterocycles. The number of benzene rings is 2. The fraction of sp³-hybridized carbons (Fsp3) is 0.0500. The number of hydrazine groups is 1. The van der Waals surface area contributed by atoms with Crippen molar-refractivity contribution in [2.45, 2.75) is 6.92 Å². The van der Waals surface area contributed by atoms with Crippen LogP contribution in [0.4, 0.5) is 0 Å². The Bertz CT molecular complexity index is 1180. The number of aryl methyl sites for hydroxylation is 1. The molecule has 0 aliphatic rings. The Morgan fingerprint density at radius 1 is 1.00 bits per heavy atom. The Morgan fingerprint density at radius 3 is 2.46 bits per heavy atom. The van der Waals surface area contributed by atoms with Gasteiger partial charge in [0.05, 0.1) is 0 Å². The summed E-state index contributed by atoms with van der Waals surface area (Å²) in [4.78, 5) is 24.6. The molecule has 4 aromatic rings. The van der Waals surface area contributed by atoms with E-state index in [-0.39, 0.29) is 11.5 Å². The molecule has 0 saturated heterocycles. The predicted octanol–water partition coefficient (Wildman–Crippen LogP) is 4.12. The van der Waals surface area contributed by atoms with Crippen molar-refractivity contribution in [2.24, 2.45) is 0 Å². The Labute approximate surface area is 164 Å². The average molecular weight is 396 g/mol. The van der Waals surface area contributed by atoms with E-state index >= 15 is 0 Å². The molecule has 0 fully saturated rings. The van der Waals surface area contributed by atoms with Crippen LogP contribution in [0.5, 0.6) is 0 Å². The van der Waals surface area contributed by atoms with Gasteiger partial charge in [0.25, 0.3) is 5.91 Å². The summed E-state index contributed by atoms with van der Waals surface area (Å²) in [6, 6.07) is 15.7. The lowest BCUT2D eigenvalue weighted by atomic mass is 10.1. The summed E-state index contributed by atoms with van der Waals surface area (Å²) in [6.45, 7) is 1.78. The molecular weight excluding hydrogens is 382 g/mol. The molecule has 0 saturated carbocycles. The Hall–Kier alpha value is -3.58. The SMILES string of the molecule is Cc1c(C(=O)NNC(=O)c2cc(-c3ccc(Cl)cc3)on2)oc2ccccc12. The Morgan fingerprint density at radius 2 is 1.71 bits per heavy atom. The number of carbonyl (C=O) groups excluding carboxylic acids is 2. The zero-order valence-corrected chi connectivity index (χ0v) is 15.4. The van der Waals surface area contributed by atoms with E-state index < -0.39 is 11.8 Å². The third-order valence-electron chi connectivity index (χ3n) is 4.21. The number of nitrogens with zero attached hydrogens (tertiary/aromatic N) is 1. The van der Waals surface area contributed by atoms with Crippen molar-refractivity contribution in [2.75, 3.05) is 0 Å². The molecule has 2 aromatic heterocycles. The van der Waals surface area contributed by atoms with E-state index in [2.05, 4.69) is 16.0 Å². The van der Waals surface area contributed by atoms with Gasteiger partial charge in [-0.05, 0) is 37.3 Å². The second-order valence-electron chi connectivity index (χ2n) is 6.04. The van der Waals surface area contributed by atoms with Crippen LogP contribution >= 0.6 is 11.6 Å². The highest BCUT2D eigenvalue weighted by Gasteiger charge is 2.19. The summed E-state index contributed by atoms with van der Waals surface area (Å²) >= 11 is 5.85. The van der Waals surface area contributed by atoms with Crippen molar-refractivity contribution < 1.29 is 18.5 Å². The standard InChI is InChI=1S/C20H14ClN3O4/c1-11-14-4-2-3-5-16(14)27-18(11)20(26)23-22-19(25)15-10-17(28-24-15)12-6-8-13(21)9-7-12/h2-10H,1H3,(H,22,25)(H,23,26). The molecule has 0 spiro atoms. The number of aromatic nitrogens is 1. The van der Waals surface area contributed by atoms with Crippen LogP contribution in [0.25, 0.3) is 22.3 Å². The van der Waals surface area contributed by atoms with Crippen LogP contribution in [0.1, 0.15) is 26.6 Å². The Balaban J connectivity index is 1.44. The van der Waals surface area contributed by atoms with Crippen molar-refractivity contribution in [1.29, 1.82) is 0 Å². The topological polar surface area (TPSA) is 97.4 Å². The number of rotatable bonds is 3. The van der Waals surface area contributed by atoms with Crippen LogP contribution in [0, 0.1) is 6.92 Å². The molecule has 0 radical (unpaired) electrons. The molecule has 140 valence electrons. The number of furan rings is 1. The smallest absolute Gasteiger partial charge is 0.305 e. The van der Waals surface area contributed by atoms with Crippen molar-refractivity contribution >= 4 is 34.4 Å². The number of fused-ring (bicyclic) bond motifs is 1. The second-order valence-corrected chi connectivity index (χ2v) is 6.48. The third kappa shape index (κ3) is 3.35. The molecular formula is C20H14ClN3O4. The number of para-hydroxylation sites is 1. The maximum atomic E-state index is 12.4. The number of carbonyl (C=O) groups is 2. The van der Waals surface area contributed by atoms with Gasteiger partial charge in [0.1, 0.15) is 5.58 Å². The van der Waals surface area contributed by atoms with E-state index in [0.29, 0.717) is 21.9 Å². The summed E-state index contributed by atoms with van der Waals surface area (Å²) < 4.78 is 10.7. The number of hydrogen-bond donors (Lipinski definition) is 2. The maximum Gasteiger partial charge on any atom is 0.305 e. The van der Waals surface area contributed by atoms with Crippen molar-refractivity contribution in [3.05, 3.63) is 76.6 Å². The highest BCUT2D eigenvalue weighted by atomic mass is 35.5. The fourth-order valence-corrected chi connectivity index (χ4v) is 2.88. The van der Waals surface area contributed by atoms with Gasteiger partial charge in [0, 0.05) is 27.6 Å². The van der Waals surface area contributed by atoms with E-state index in [9.17, 15) is 9.59 Å². The molecule has 2 aromatic carbocycles. The van der Waals surface area contributed by atoms with Crippen molar-refractivity contribution in [3.8, 4) is 11.3 Å². The van der Waals surface area contributed by atoms with E-state index in [4.69, 9.17) is 20.5 Å². The molecule has 2 heterocycles. The van der Waals surface area contributed by atoms with E-state index in [0.717, 1.165) is 10.9 Å². The van der Waals surface area contributed by atoms with E-state index in [1.165, 1.54) is 6.07 Å². The van der Waals surface area contributed by atoms with Crippen LogP contribution in [-0.4, -0.2) is 17.0 Å². The molecule has 7 nitrogen and oxygen atoms in total. The molecule has 28 heavy (non-hydrogen) atoms. The number of amides is 2. The molecule has 0 bridgehead atoms. The lowest BCUT2D eigenvalue weighted by Gasteiger charge is -2.04. The maximum absolute atomic E-state index is 12.4. The predicted molar refractivity (Wildman–Crippen MR) is 103 cm³/mol. The van der Waals surface area contributed by atoms with Crippen LogP contribution in [-0.2, 0) is 0 Å². The largest absolute Gasteiger partial charge is 0.451 e. The quantitative estimate of drug-likeness (QED) is 0.508. The zero-order valence-electron chi connectivity index (χ0n) is 14.7. The summed E-state index contributed by atoms with van der Waals surface area (Å²) in [5.74, 6) is -0.653. The van der Waals surface area contributed by atoms with Crippen molar-refractivity contribution in [1.82, 2.24) is 16.0 Å². The number of hydrogen-bond acceptors (Lipinski definition) is 5. The molecule has 8 heteroatoms. The average Bonchev–Trinajstić information content (AvgIpc) is 3.32. The molecule has 2 N–H and O–H groups in total. The number of nitrogens with one attached hydrogen (secondary N) is 2. The molecule has 4 rings (SSSR count). The lowest BCUT2D eigenvalue weighted by molar-refractivity contribution is 0.0827. The first kappa shape index (κ1) is 17.8. The second kappa shape index (κ2) is 7.21. The van der Waals surface area contributed by atoms with Gasteiger partial charge in [-0.15, -0.1) is 0 Å². The molecule has 2 amide bonds. The van der Waals surface area contributed by atoms with Gasteiger partial charge < -0.3 is 8.94 Å². The Kier molecular flexibility index (Phi) is 4.58. The molecule has 0 unspecified atom stereocenters. The van der Waals surface area contributed by atoms with Gasteiger partial charge in [-0.25, -0.2) is 0 Å². The summed E-state index contributed by atoms with van der Waals surface area (Å²) in [5.41, 5.74) is 6.65. The highest BCUT2D eigenvalue weighted by Crippen LogP contribution is 2.25. The van der Waals surface area contributed by atoms with Crippen LogP contribution < -0.4 is 10.9 Å². The first-order chi connectivity index (χ1) is 13.5. The minimum atomic E-state index is -0.619. The van der Waals surface area contributed by atoms with Crippen LogP contribution in [0.3, 0.4) is 0 Å². The van der Waals surface area contributed by atoms with E-state index in [1.807, 2.05) is 18.2 Å². The summed E-state index contributed by atoms with van der Waals surface area (Å²) in [5, 5.41) is 5.15. The first-order valence-electron chi connectivity index (χ1n) is 8.34. The first-order valence-corrected chi connectivity index (χ1v) is 8.72. The zero-order chi connectivity index (χ0) is 19.7. The monoisotopic (exact) mass is 395 g/mol. The van der Waals surface area contributed by atoms with Gasteiger partial charge in [0.15, 0.2) is 17.2 Å². The van der Waals surface area contributed by atoms with Crippen molar-refractivity contribution in [3.63, 3.8) is 0 Å². The van der Waals surface area contributed by atoms with Gasteiger partial charge in [-0.3, -0.25) is 20.4 Å². The van der Waals surface area contributed by atoms with Gasteiger partial charge >= 0.3 is 5.91 Å². The van der Waals surface area contributed by atoms with Crippen LogP contribution in [0.15, 0.2) is 63.5 Å².